The molecule has 1 fully saturated rings. The summed E-state index contributed by atoms with van der Waals surface area (Å²) in [5.74, 6) is 0.508. The van der Waals surface area contributed by atoms with Gasteiger partial charge in [0.2, 0.25) is 0 Å². The van der Waals surface area contributed by atoms with Gasteiger partial charge in [0.15, 0.2) is 0 Å². The third-order valence-electron chi connectivity index (χ3n) is 3.54. The van der Waals surface area contributed by atoms with Crippen molar-refractivity contribution in [1.82, 2.24) is 0 Å². The van der Waals surface area contributed by atoms with Crippen LogP contribution in [0.4, 0.5) is 0 Å². The van der Waals surface area contributed by atoms with Gasteiger partial charge in [0.1, 0.15) is 5.78 Å². The molecule has 0 aromatic rings. The van der Waals surface area contributed by atoms with Gasteiger partial charge in [-0.05, 0) is 38.0 Å². The van der Waals surface area contributed by atoms with E-state index < -0.39 is 5.60 Å². The van der Waals surface area contributed by atoms with E-state index in [-0.39, 0.29) is 5.92 Å². The van der Waals surface area contributed by atoms with Crippen molar-refractivity contribution in [2.24, 2.45) is 5.92 Å². The predicted molar refractivity (Wildman–Crippen MR) is 54.9 cm³/mol. The summed E-state index contributed by atoms with van der Waals surface area (Å²) in [7, 11) is 0. The second-order valence-corrected chi connectivity index (χ2v) is 4.62. The highest BCUT2D eigenvalue weighted by Gasteiger charge is 2.37. The van der Waals surface area contributed by atoms with E-state index in [1.54, 1.807) is 0 Å². The molecule has 2 aliphatic rings. The maximum absolute atomic E-state index is 11.3. The average molecular weight is 194 g/mol. The van der Waals surface area contributed by atoms with Crippen molar-refractivity contribution < 1.29 is 9.90 Å². The highest BCUT2D eigenvalue weighted by molar-refractivity contribution is 5.79. The molecule has 2 atom stereocenters. The summed E-state index contributed by atoms with van der Waals surface area (Å²) >= 11 is 0. The van der Waals surface area contributed by atoms with Crippen LogP contribution in [0.5, 0.6) is 0 Å². The third kappa shape index (κ3) is 1.90. The van der Waals surface area contributed by atoms with Crippen LogP contribution in [-0.4, -0.2) is 16.5 Å². The van der Waals surface area contributed by atoms with Crippen LogP contribution in [0, 0.1) is 5.92 Å². The van der Waals surface area contributed by atoms with Crippen molar-refractivity contribution >= 4 is 5.78 Å². The lowest BCUT2D eigenvalue weighted by atomic mass is 9.72. The van der Waals surface area contributed by atoms with E-state index in [1.807, 2.05) is 6.08 Å². The van der Waals surface area contributed by atoms with Crippen LogP contribution in [0.3, 0.4) is 0 Å². The van der Waals surface area contributed by atoms with E-state index in [4.69, 9.17) is 0 Å². The molecule has 0 aromatic heterocycles. The number of carbonyl (C=O) groups excluding carboxylic acids is 1. The first-order valence-corrected chi connectivity index (χ1v) is 5.62. The van der Waals surface area contributed by atoms with Gasteiger partial charge in [0.25, 0.3) is 0 Å². The molecule has 1 N–H and O–H groups in total. The molecule has 0 bridgehead atoms. The molecule has 78 valence electrons. The van der Waals surface area contributed by atoms with E-state index >= 15 is 0 Å². The van der Waals surface area contributed by atoms with Gasteiger partial charge in [0, 0.05) is 12.8 Å². The first kappa shape index (κ1) is 9.91. The molecule has 0 heterocycles. The van der Waals surface area contributed by atoms with Gasteiger partial charge < -0.3 is 5.11 Å². The van der Waals surface area contributed by atoms with Crippen LogP contribution in [0.2, 0.25) is 0 Å². The molecule has 2 rings (SSSR count). The zero-order valence-corrected chi connectivity index (χ0v) is 8.54. The zero-order valence-electron chi connectivity index (χ0n) is 8.54. The lowest BCUT2D eigenvalue weighted by molar-refractivity contribution is -0.124. The zero-order chi connectivity index (χ0) is 10.0. The highest BCUT2D eigenvalue weighted by atomic mass is 16.3. The van der Waals surface area contributed by atoms with Gasteiger partial charge in [-0.25, -0.2) is 0 Å². The molecule has 2 aliphatic carbocycles. The molecular formula is C12H18O2. The van der Waals surface area contributed by atoms with Crippen molar-refractivity contribution in [3.63, 3.8) is 0 Å². The average Bonchev–Trinajstić information content (AvgIpc) is 2.19. The molecular weight excluding hydrogens is 176 g/mol. The van der Waals surface area contributed by atoms with E-state index in [0.29, 0.717) is 12.2 Å². The van der Waals surface area contributed by atoms with Gasteiger partial charge in [0.05, 0.1) is 5.60 Å². The normalized spacial score (nSPS) is 38.6. The van der Waals surface area contributed by atoms with Crippen molar-refractivity contribution in [2.75, 3.05) is 0 Å². The van der Waals surface area contributed by atoms with Crippen molar-refractivity contribution in [3.8, 4) is 0 Å². The summed E-state index contributed by atoms with van der Waals surface area (Å²) in [4.78, 5) is 11.3. The number of hydrogen-bond acceptors (Lipinski definition) is 2. The molecule has 0 aliphatic heterocycles. The van der Waals surface area contributed by atoms with Crippen LogP contribution < -0.4 is 0 Å². The maximum Gasteiger partial charge on any atom is 0.133 e. The predicted octanol–water partition coefficient (Wildman–Crippen LogP) is 2.22. The number of allylic oxidation sites excluding steroid dienone is 1. The number of hydrogen-bond donors (Lipinski definition) is 1. The summed E-state index contributed by atoms with van der Waals surface area (Å²) in [5.41, 5.74) is -0.672. The largest absolute Gasteiger partial charge is 0.385 e. The van der Waals surface area contributed by atoms with E-state index in [2.05, 4.69) is 6.08 Å². The van der Waals surface area contributed by atoms with Gasteiger partial charge >= 0.3 is 0 Å². The Hall–Kier alpha value is -0.630. The molecule has 0 amide bonds. The minimum Gasteiger partial charge on any atom is -0.385 e. The minimum atomic E-state index is -0.672. The second-order valence-electron chi connectivity index (χ2n) is 4.62. The van der Waals surface area contributed by atoms with Crippen molar-refractivity contribution in [3.05, 3.63) is 12.2 Å². The Bertz CT molecular complexity index is 257. The standard InChI is InChI=1S/C12H18O2/c13-11-6-4-5-10(9-11)12(14)7-2-1-3-8-12/h2,7,10,14H,1,3-6,8-9H2. The van der Waals surface area contributed by atoms with Gasteiger partial charge in [-0.15, -0.1) is 0 Å². The summed E-state index contributed by atoms with van der Waals surface area (Å²) in [6.45, 7) is 0. The Labute approximate surface area is 85.0 Å². The fourth-order valence-corrected chi connectivity index (χ4v) is 2.67. The van der Waals surface area contributed by atoms with E-state index in [9.17, 15) is 9.90 Å². The number of ketones is 1. The summed E-state index contributed by atoms with van der Waals surface area (Å²) in [5, 5.41) is 10.4. The molecule has 0 aromatic carbocycles. The Morgan fingerprint density at radius 1 is 1.43 bits per heavy atom. The molecule has 0 saturated heterocycles. The Morgan fingerprint density at radius 3 is 2.93 bits per heavy atom. The fourth-order valence-electron chi connectivity index (χ4n) is 2.67. The van der Waals surface area contributed by atoms with E-state index in [1.165, 1.54) is 0 Å². The van der Waals surface area contributed by atoms with Crippen LogP contribution >= 0.6 is 0 Å². The van der Waals surface area contributed by atoms with Crippen molar-refractivity contribution in [2.45, 2.75) is 50.5 Å². The summed E-state index contributed by atoms with van der Waals surface area (Å²) in [6.07, 6.45) is 10.2. The number of aliphatic hydroxyl groups is 1. The summed E-state index contributed by atoms with van der Waals surface area (Å²) in [6, 6.07) is 0. The number of rotatable bonds is 1. The molecule has 1 saturated carbocycles. The van der Waals surface area contributed by atoms with Crippen LogP contribution in [-0.2, 0) is 4.79 Å². The van der Waals surface area contributed by atoms with Gasteiger partial charge in [-0.2, -0.15) is 0 Å². The highest BCUT2D eigenvalue weighted by Crippen LogP contribution is 2.37. The minimum absolute atomic E-state index is 0.181. The quantitative estimate of drug-likeness (QED) is 0.650. The lowest BCUT2D eigenvalue weighted by Gasteiger charge is -2.37. The molecule has 0 radical (unpaired) electrons. The fraction of sp³-hybridized carbons (Fsp3) is 0.750. The van der Waals surface area contributed by atoms with Gasteiger partial charge in [-0.3, -0.25) is 4.79 Å². The Morgan fingerprint density at radius 2 is 2.29 bits per heavy atom. The smallest absolute Gasteiger partial charge is 0.133 e. The Balaban J connectivity index is 2.08. The first-order valence-electron chi connectivity index (χ1n) is 5.62. The van der Waals surface area contributed by atoms with Gasteiger partial charge in [-0.1, -0.05) is 12.2 Å². The van der Waals surface area contributed by atoms with Crippen molar-refractivity contribution in [1.29, 1.82) is 0 Å². The Kier molecular flexibility index (Phi) is 2.73. The number of Topliss-reactive ketones (excluding diaryl/α,β-unsaturated/α-hetero) is 1. The lowest BCUT2D eigenvalue weighted by Crippen LogP contribution is -2.40. The van der Waals surface area contributed by atoms with Crippen LogP contribution in [0.25, 0.3) is 0 Å². The summed E-state index contributed by atoms with van der Waals surface area (Å²) < 4.78 is 0. The second kappa shape index (κ2) is 3.85. The molecule has 2 heteroatoms. The SMILES string of the molecule is O=C1CCCC(C2(O)C=CCCC2)C1. The topological polar surface area (TPSA) is 37.3 Å². The third-order valence-corrected chi connectivity index (χ3v) is 3.54. The van der Waals surface area contributed by atoms with Crippen LogP contribution in [0.1, 0.15) is 44.9 Å². The number of carbonyl (C=O) groups is 1. The van der Waals surface area contributed by atoms with Crippen LogP contribution in [0.15, 0.2) is 12.2 Å². The maximum atomic E-state index is 11.3. The monoisotopic (exact) mass is 194 g/mol. The van der Waals surface area contributed by atoms with E-state index in [0.717, 1.165) is 38.5 Å². The first-order chi connectivity index (χ1) is 6.71. The molecule has 0 spiro atoms. The molecule has 2 nitrogen and oxygen atoms in total. The molecule has 2 unspecified atom stereocenters. The molecule has 14 heavy (non-hydrogen) atoms.